The van der Waals surface area contributed by atoms with Gasteiger partial charge in [0.2, 0.25) is 0 Å². The number of carbonyl (C=O) groups excluding carboxylic acids is 1. The van der Waals surface area contributed by atoms with Crippen molar-refractivity contribution >= 4 is 32.6 Å². The van der Waals surface area contributed by atoms with Crippen molar-refractivity contribution in [2.75, 3.05) is 18.1 Å². The van der Waals surface area contributed by atoms with Crippen LogP contribution in [-0.2, 0) is 16.3 Å². The molecule has 1 atom stereocenters. The Kier molecular flexibility index (Phi) is 5.23. The molecule has 1 aromatic carbocycles. The summed E-state index contributed by atoms with van der Waals surface area (Å²) in [6, 6.07) is 5.49. The molecule has 2 aromatic heterocycles. The molecule has 9 heteroatoms. The molecule has 3 aromatic rings. The van der Waals surface area contributed by atoms with Gasteiger partial charge in [-0.3, -0.25) is 4.79 Å². The second kappa shape index (κ2) is 7.71. The first-order valence-electron chi connectivity index (χ1n) is 9.98. The molecular weight excluding hydrogens is 402 g/mol. The summed E-state index contributed by atoms with van der Waals surface area (Å²) in [6.07, 6.45) is 4.48. The molecule has 0 unspecified atom stereocenters. The summed E-state index contributed by atoms with van der Waals surface area (Å²) in [5.41, 5.74) is 2.76. The molecule has 0 aliphatic carbocycles. The molecule has 0 bridgehead atoms. The van der Waals surface area contributed by atoms with Crippen LogP contribution < -0.4 is 10.6 Å². The maximum absolute atomic E-state index is 12.6. The molecular formula is C21H25N5O3S. The first kappa shape index (κ1) is 20.3. The van der Waals surface area contributed by atoms with Gasteiger partial charge in [0, 0.05) is 13.2 Å². The fourth-order valence-electron chi connectivity index (χ4n) is 3.99. The summed E-state index contributed by atoms with van der Waals surface area (Å²) >= 11 is 0. The number of benzene rings is 1. The standard InChI is InChI=1S/C21H25N5O3S/c1-12(2)18(14-7-6-13-5-4-8-30(28,29)16(13)9-14)26-20-17-15(21(27)22-3)10-23-19(17)24-11-25-20/h6-7,9-12,18H,4-5,8H2,1-3H3,(H,22,27)(H2,23,24,25,26)/t18-/m0/s1. The van der Waals surface area contributed by atoms with E-state index in [4.69, 9.17) is 0 Å². The number of hydrogen-bond donors (Lipinski definition) is 3. The van der Waals surface area contributed by atoms with Crippen LogP contribution in [-0.4, -0.2) is 42.1 Å². The zero-order valence-corrected chi connectivity index (χ0v) is 18.0. The number of sulfone groups is 1. The van der Waals surface area contributed by atoms with E-state index >= 15 is 0 Å². The Balaban J connectivity index is 1.78. The number of aromatic nitrogens is 3. The maximum Gasteiger partial charge on any atom is 0.253 e. The largest absolute Gasteiger partial charge is 0.362 e. The normalized spacial score (nSPS) is 16.3. The molecule has 0 spiro atoms. The van der Waals surface area contributed by atoms with Crippen molar-refractivity contribution in [3.8, 4) is 0 Å². The second-order valence-corrected chi connectivity index (χ2v) is 9.96. The Morgan fingerprint density at radius 3 is 2.77 bits per heavy atom. The summed E-state index contributed by atoms with van der Waals surface area (Å²) in [6.45, 7) is 4.11. The minimum absolute atomic E-state index is 0.141. The van der Waals surface area contributed by atoms with E-state index in [2.05, 4.69) is 39.4 Å². The van der Waals surface area contributed by atoms with Crippen molar-refractivity contribution in [3.63, 3.8) is 0 Å². The SMILES string of the molecule is CNC(=O)c1c[nH]c2ncnc(N[C@H](c3ccc4c(c3)S(=O)(=O)CCC4)C(C)C)c12. The highest BCUT2D eigenvalue weighted by Crippen LogP contribution is 2.34. The van der Waals surface area contributed by atoms with Crippen molar-refractivity contribution in [3.05, 3.63) is 47.4 Å². The van der Waals surface area contributed by atoms with Gasteiger partial charge in [-0.25, -0.2) is 18.4 Å². The molecule has 0 fully saturated rings. The number of aryl methyl sites for hydroxylation is 1. The van der Waals surface area contributed by atoms with Gasteiger partial charge in [-0.15, -0.1) is 0 Å². The first-order valence-corrected chi connectivity index (χ1v) is 11.6. The summed E-state index contributed by atoms with van der Waals surface area (Å²) < 4.78 is 25.2. The predicted molar refractivity (Wildman–Crippen MR) is 115 cm³/mol. The molecule has 3 heterocycles. The number of hydrogen-bond acceptors (Lipinski definition) is 6. The quantitative estimate of drug-likeness (QED) is 0.576. The van der Waals surface area contributed by atoms with Gasteiger partial charge in [0.05, 0.1) is 27.6 Å². The number of nitrogens with one attached hydrogen (secondary N) is 3. The van der Waals surface area contributed by atoms with Gasteiger partial charge in [-0.2, -0.15) is 0 Å². The Hall–Kier alpha value is -2.94. The molecule has 8 nitrogen and oxygen atoms in total. The average Bonchev–Trinajstić information content (AvgIpc) is 3.16. The van der Waals surface area contributed by atoms with E-state index in [1.807, 2.05) is 12.1 Å². The number of anilines is 1. The van der Waals surface area contributed by atoms with E-state index in [1.165, 1.54) is 6.33 Å². The Bertz CT molecular complexity index is 1220. The van der Waals surface area contributed by atoms with E-state index in [9.17, 15) is 13.2 Å². The molecule has 1 amide bonds. The zero-order chi connectivity index (χ0) is 21.5. The third-order valence-corrected chi connectivity index (χ3v) is 7.42. The number of rotatable bonds is 5. The first-order chi connectivity index (χ1) is 14.3. The third-order valence-electron chi connectivity index (χ3n) is 5.54. The second-order valence-electron chi connectivity index (χ2n) is 7.88. The molecule has 1 aliphatic rings. The number of fused-ring (bicyclic) bond motifs is 2. The number of carbonyl (C=O) groups is 1. The Morgan fingerprint density at radius 2 is 2.03 bits per heavy atom. The van der Waals surface area contributed by atoms with E-state index in [0.29, 0.717) is 33.7 Å². The minimum atomic E-state index is -3.26. The molecule has 0 saturated carbocycles. The van der Waals surface area contributed by atoms with Crippen LogP contribution in [0.1, 0.15) is 47.8 Å². The van der Waals surface area contributed by atoms with E-state index in [1.54, 1.807) is 19.3 Å². The lowest BCUT2D eigenvalue weighted by Gasteiger charge is -2.26. The summed E-state index contributed by atoms with van der Waals surface area (Å²) in [5.74, 6) is 0.621. The van der Waals surface area contributed by atoms with Crippen LogP contribution in [0, 0.1) is 5.92 Å². The lowest BCUT2D eigenvalue weighted by molar-refractivity contribution is 0.0964. The summed E-state index contributed by atoms with van der Waals surface area (Å²) in [4.78, 5) is 24.3. The van der Waals surface area contributed by atoms with Crippen molar-refractivity contribution in [1.29, 1.82) is 0 Å². The van der Waals surface area contributed by atoms with Gasteiger partial charge in [0.1, 0.15) is 17.8 Å². The predicted octanol–water partition coefficient (Wildman–Crippen LogP) is 2.85. The van der Waals surface area contributed by atoms with Crippen molar-refractivity contribution < 1.29 is 13.2 Å². The van der Waals surface area contributed by atoms with Crippen molar-refractivity contribution in [2.45, 2.75) is 37.6 Å². The van der Waals surface area contributed by atoms with Crippen LogP contribution in [0.25, 0.3) is 11.0 Å². The highest BCUT2D eigenvalue weighted by Gasteiger charge is 2.27. The maximum atomic E-state index is 12.6. The summed E-state index contributed by atoms with van der Waals surface area (Å²) in [7, 11) is -1.68. The number of amides is 1. The molecule has 0 radical (unpaired) electrons. The topological polar surface area (TPSA) is 117 Å². The lowest BCUT2D eigenvalue weighted by atomic mass is 9.94. The van der Waals surface area contributed by atoms with Crippen LogP contribution in [0.2, 0.25) is 0 Å². The fraction of sp³-hybridized carbons (Fsp3) is 0.381. The van der Waals surface area contributed by atoms with Crippen LogP contribution in [0.4, 0.5) is 5.82 Å². The number of aromatic amines is 1. The van der Waals surface area contributed by atoms with Crippen molar-refractivity contribution in [2.24, 2.45) is 5.92 Å². The lowest BCUT2D eigenvalue weighted by Crippen LogP contribution is -2.21. The average molecular weight is 428 g/mol. The van der Waals surface area contributed by atoms with Gasteiger partial charge < -0.3 is 15.6 Å². The highest BCUT2D eigenvalue weighted by atomic mass is 32.2. The molecule has 158 valence electrons. The fourth-order valence-corrected chi connectivity index (χ4v) is 5.62. The van der Waals surface area contributed by atoms with Crippen LogP contribution >= 0.6 is 0 Å². The van der Waals surface area contributed by atoms with Gasteiger partial charge in [-0.05, 0) is 36.0 Å². The number of nitrogens with zero attached hydrogens (tertiary/aromatic N) is 2. The van der Waals surface area contributed by atoms with Crippen molar-refractivity contribution in [1.82, 2.24) is 20.3 Å². The smallest absolute Gasteiger partial charge is 0.253 e. The minimum Gasteiger partial charge on any atom is -0.362 e. The molecule has 30 heavy (non-hydrogen) atoms. The van der Waals surface area contributed by atoms with Gasteiger partial charge in [0.15, 0.2) is 9.84 Å². The Labute approximate surface area is 175 Å². The third kappa shape index (κ3) is 3.54. The number of H-pyrrole nitrogens is 1. The van der Waals surface area contributed by atoms with Crippen LogP contribution in [0.5, 0.6) is 0 Å². The zero-order valence-electron chi connectivity index (χ0n) is 17.2. The molecule has 3 N–H and O–H groups in total. The van der Waals surface area contributed by atoms with Gasteiger partial charge in [-0.1, -0.05) is 26.0 Å². The molecule has 0 saturated heterocycles. The van der Waals surface area contributed by atoms with Gasteiger partial charge in [0.25, 0.3) is 5.91 Å². The Morgan fingerprint density at radius 1 is 1.23 bits per heavy atom. The van der Waals surface area contributed by atoms with E-state index < -0.39 is 9.84 Å². The van der Waals surface area contributed by atoms with E-state index in [0.717, 1.165) is 17.5 Å². The molecule has 4 rings (SSSR count). The monoisotopic (exact) mass is 427 g/mol. The van der Waals surface area contributed by atoms with Crippen LogP contribution in [0.3, 0.4) is 0 Å². The molecule has 1 aliphatic heterocycles. The highest BCUT2D eigenvalue weighted by molar-refractivity contribution is 7.91. The van der Waals surface area contributed by atoms with E-state index in [-0.39, 0.29) is 23.6 Å². The van der Waals surface area contributed by atoms with Crippen LogP contribution in [0.15, 0.2) is 35.6 Å². The van der Waals surface area contributed by atoms with Gasteiger partial charge >= 0.3 is 0 Å². The summed E-state index contributed by atoms with van der Waals surface area (Å²) in [5, 5.41) is 6.66.